The van der Waals surface area contributed by atoms with E-state index >= 15 is 0 Å². The lowest BCUT2D eigenvalue weighted by molar-refractivity contribution is 0.0921. The van der Waals surface area contributed by atoms with Crippen LogP contribution in [-0.2, 0) is 11.8 Å². The number of benzene rings is 2. The number of carbonyl (C=O) groups excluding carboxylic acids is 1. The van der Waals surface area contributed by atoms with E-state index in [1.165, 1.54) is 18.1 Å². The Kier molecular flexibility index (Phi) is 7.23. The van der Waals surface area contributed by atoms with Gasteiger partial charge in [0.15, 0.2) is 0 Å². The van der Waals surface area contributed by atoms with E-state index in [-0.39, 0.29) is 16.9 Å². The van der Waals surface area contributed by atoms with Crippen LogP contribution in [0.5, 0.6) is 5.75 Å². The average Bonchev–Trinajstić information content (AvgIpc) is 2.87. The van der Waals surface area contributed by atoms with Crippen LogP contribution in [0.4, 0.5) is 0 Å². The molecule has 188 valence electrons. The summed E-state index contributed by atoms with van der Waals surface area (Å²) in [6.45, 7) is 3.28. The number of H-pyrrole nitrogens is 1. The summed E-state index contributed by atoms with van der Waals surface area (Å²) < 4.78 is 0. The number of aromatic amines is 1. The van der Waals surface area contributed by atoms with Crippen molar-refractivity contribution in [3.05, 3.63) is 99.5 Å². The predicted octanol–water partition coefficient (Wildman–Crippen LogP) is 4.35. The van der Waals surface area contributed by atoms with E-state index in [1.54, 1.807) is 6.07 Å². The summed E-state index contributed by atoms with van der Waals surface area (Å²) >= 11 is 0. The van der Waals surface area contributed by atoms with E-state index < -0.39 is 0 Å². The molecule has 6 heteroatoms. The first-order valence-electron chi connectivity index (χ1n) is 13.1. The second-order valence-corrected chi connectivity index (χ2v) is 10.4. The van der Waals surface area contributed by atoms with E-state index in [2.05, 4.69) is 39.5 Å². The highest BCUT2D eigenvalue weighted by Crippen LogP contribution is 2.36. The third-order valence-corrected chi connectivity index (χ3v) is 8.15. The number of para-hydroxylation sites is 1. The molecule has 1 aromatic heterocycles. The number of carbonyl (C=O) groups is 1. The summed E-state index contributed by atoms with van der Waals surface area (Å²) in [6.07, 6.45) is 5.98. The van der Waals surface area contributed by atoms with Crippen LogP contribution in [-0.4, -0.2) is 47.1 Å². The van der Waals surface area contributed by atoms with Crippen LogP contribution in [0.15, 0.2) is 71.5 Å². The Hall–Kier alpha value is -3.38. The van der Waals surface area contributed by atoms with Crippen molar-refractivity contribution < 1.29 is 9.90 Å². The first-order valence-corrected chi connectivity index (χ1v) is 13.1. The van der Waals surface area contributed by atoms with Gasteiger partial charge in [-0.15, -0.1) is 0 Å². The van der Waals surface area contributed by atoms with Gasteiger partial charge >= 0.3 is 0 Å². The van der Waals surface area contributed by atoms with Gasteiger partial charge in [-0.2, -0.15) is 0 Å². The van der Waals surface area contributed by atoms with Crippen LogP contribution < -0.4 is 10.9 Å². The Balaban J connectivity index is 1.26. The van der Waals surface area contributed by atoms with Crippen LogP contribution in [0.25, 0.3) is 0 Å². The molecule has 0 bridgehead atoms. The van der Waals surface area contributed by atoms with E-state index in [0.717, 1.165) is 63.0 Å². The number of nitrogens with zero attached hydrogens (tertiary/aromatic N) is 1. The Morgan fingerprint density at radius 1 is 1.03 bits per heavy atom. The maximum Gasteiger partial charge on any atom is 0.251 e. The molecule has 0 unspecified atom stereocenters. The molecule has 2 aliphatic rings. The summed E-state index contributed by atoms with van der Waals surface area (Å²) in [6, 6.07) is 21.3. The lowest BCUT2D eigenvalue weighted by Crippen LogP contribution is -2.49. The van der Waals surface area contributed by atoms with Crippen LogP contribution >= 0.6 is 0 Å². The molecular formula is C30H35N3O3. The van der Waals surface area contributed by atoms with Crippen molar-refractivity contribution >= 4 is 5.91 Å². The number of rotatable bonds is 8. The number of likely N-dealkylation sites (tertiary alicyclic amines) is 1. The number of pyridine rings is 1. The molecule has 2 aromatic carbocycles. The normalized spacial score (nSPS) is 17.9. The standard InChI is InChI=1S/C30H35N3O3/c34-27-12-5-4-7-23(27)13-16-33-17-14-30(15-18-33,25-10-2-1-3-11-25)21-31-29(36)24-19-26(22-8-6-9-22)32-28(35)20-24/h1-5,7,10-12,19-20,22,34H,6,8-9,13-18,21H2,(H,31,36)(H,32,35). The zero-order valence-corrected chi connectivity index (χ0v) is 20.7. The maximum absolute atomic E-state index is 13.2. The van der Waals surface area contributed by atoms with Crippen LogP contribution in [0.3, 0.4) is 0 Å². The molecular weight excluding hydrogens is 450 g/mol. The molecule has 2 fully saturated rings. The van der Waals surface area contributed by atoms with Gasteiger partial charge in [0.2, 0.25) is 5.56 Å². The fourth-order valence-electron chi connectivity index (χ4n) is 5.55. The van der Waals surface area contributed by atoms with Crippen LogP contribution in [0, 0.1) is 0 Å². The van der Waals surface area contributed by atoms with Crippen molar-refractivity contribution in [2.24, 2.45) is 0 Å². The van der Waals surface area contributed by atoms with Crippen LogP contribution in [0.1, 0.15) is 65.2 Å². The Bertz CT molecular complexity index is 1240. The molecule has 2 heterocycles. The average molecular weight is 486 g/mol. The summed E-state index contributed by atoms with van der Waals surface area (Å²) in [7, 11) is 0. The highest BCUT2D eigenvalue weighted by atomic mass is 16.3. The highest BCUT2D eigenvalue weighted by Gasteiger charge is 2.36. The molecule has 1 aliphatic carbocycles. The third kappa shape index (κ3) is 5.39. The third-order valence-electron chi connectivity index (χ3n) is 8.15. The second kappa shape index (κ2) is 10.7. The number of phenolic OH excluding ortho intramolecular Hbond substituents is 1. The molecule has 3 N–H and O–H groups in total. The summed E-state index contributed by atoms with van der Waals surface area (Å²) in [5.41, 5.74) is 3.19. The molecule has 1 amide bonds. The number of hydrogen-bond donors (Lipinski definition) is 3. The molecule has 3 aromatic rings. The molecule has 0 spiro atoms. The van der Waals surface area contributed by atoms with E-state index in [0.29, 0.717) is 23.8 Å². The van der Waals surface area contributed by atoms with Gasteiger partial charge in [-0.05, 0) is 74.4 Å². The fraction of sp³-hybridized carbons (Fsp3) is 0.400. The number of nitrogens with one attached hydrogen (secondary N) is 2. The second-order valence-electron chi connectivity index (χ2n) is 10.4. The molecule has 1 saturated carbocycles. The lowest BCUT2D eigenvalue weighted by atomic mass is 9.72. The SMILES string of the molecule is O=C(NCC1(c2ccccc2)CCN(CCc2ccccc2O)CC1)c1cc(C2CCC2)[nH]c(=O)c1. The Morgan fingerprint density at radius 3 is 2.44 bits per heavy atom. The molecule has 36 heavy (non-hydrogen) atoms. The quantitative estimate of drug-likeness (QED) is 0.443. The number of amides is 1. The topological polar surface area (TPSA) is 85.4 Å². The minimum Gasteiger partial charge on any atom is -0.508 e. The van der Waals surface area contributed by atoms with Crippen molar-refractivity contribution in [3.63, 3.8) is 0 Å². The van der Waals surface area contributed by atoms with Gasteiger partial charge in [0.25, 0.3) is 5.91 Å². The molecule has 1 aliphatic heterocycles. The highest BCUT2D eigenvalue weighted by molar-refractivity contribution is 5.94. The molecule has 6 nitrogen and oxygen atoms in total. The molecule has 0 atom stereocenters. The number of aromatic hydroxyl groups is 1. The number of piperidine rings is 1. The van der Waals surface area contributed by atoms with E-state index in [9.17, 15) is 14.7 Å². The Morgan fingerprint density at radius 2 is 1.75 bits per heavy atom. The van der Waals surface area contributed by atoms with Gasteiger partial charge in [0.1, 0.15) is 5.75 Å². The smallest absolute Gasteiger partial charge is 0.251 e. The van der Waals surface area contributed by atoms with Crippen molar-refractivity contribution in [2.75, 3.05) is 26.2 Å². The minimum absolute atomic E-state index is 0.152. The van der Waals surface area contributed by atoms with Gasteiger partial charge < -0.3 is 20.3 Å². The van der Waals surface area contributed by atoms with Crippen molar-refractivity contribution in [2.45, 2.75) is 49.9 Å². The predicted molar refractivity (Wildman–Crippen MR) is 142 cm³/mol. The lowest BCUT2D eigenvalue weighted by Gasteiger charge is -2.42. The van der Waals surface area contributed by atoms with Gasteiger partial charge in [0, 0.05) is 35.8 Å². The monoisotopic (exact) mass is 485 g/mol. The first-order chi connectivity index (χ1) is 17.5. The largest absolute Gasteiger partial charge is 0.508 e. The van der Waals surface area contributed by atoms with Gasteiger partial charge in [-0.25, -0.2) is 0 Å². The van der Waals surface area contributed by atoms with Gasteiger partial charge in [-0.3, -0.25) is 9.59 Å². The van der Waals surface area contributed by atoms with Crippen LogP contribution in [0.2, 0.25) is 0 Å². The number of aromatic nitrogens is 1. The summed E-state index contributed by atoms with van der Waals surface area (Å²) in [5.74, 6) is 0.540. The summed E-state index contributed by atoms with van der Waals surface area (Å²) in [5, 5.41) is 13.3. The van der Waals surface area contributed by atoms with E-state index in [1.807, 2.05) is 30.3 Å². The number of phenols is 1. The first kappa shape index (κ1) is 24.3. The molecule has 0 radical (unpaired) electrons. The van der Waals surface area contributed by atoms with E-state index in [4.69, 9.17) is 0 Å². The summed E-state index contributed by atoms with van der Waals surface area (Å²) in [4.78, 5) is 30.7. The fourth-order valence-corrected chi connectivity index (χ4v) is 5.55. The minimum atomic E-state index is -0.208. The van der Waals surface area contributed by atoms with Gasteiger partial charge in [-0.1, -0.05) is 55.0 Å². The zero-order valence-electron chi connectivity index (χ0n) is 20.7. The van der Waals surface area contributed by atoms with Crippen molar-refractivity contribution in [1.29, 1.82) is 0 Å². The molecule has 5 rings (SSSR count). The number of hydrogen-bond acceptors (Lipinski definition) is 4. The maximum atomic E-state index is 13.2. The van der Waals surface area contributed by atoms with Crippen molar-refractivity contribution in [3.8, 4) is 5.75 Å². The Labute approximate surface area is 212 Å². The molecule has 1 saturated heterocycles. The van der Waals surface area contributed by atoms with Gasteiger partial charge in [0.05, 0.1) is 0 Å². The zero-order chi connectivity index (χ0) is 25.0. The van der Waals surface area contributed by atoms with Crippen molar-refractivity contribution in [1.82, 2.24) is 15.2 Å².